The third-order valence-corrected chi connectivity index (χ3v) is 2.32. The van der Waals surface area contributed by atoms with Crippen molar-refractivity contribution in [1.29, 1.82) is 0 Å². The molecule has 78 valence electrons. The topological polar surface area (TPSA) is 29.1 Å². The summed E-state index contributed by atoms with van der Waals surface area (Å²) in [4.78, 5) is 10.9. The minimum Gasteiger partial charge on any atom is -0.356 e. The van der Waals surface area contributed by atoms with Crippen LogP contribution in [0.4, 0.5) is 0 Å². The summed E-state index contributed by atoms with van der Waals surface area (Å²) < 4.78 is 14.3. The molecule has 0 unspecified atom stereocenters. The Balaban J connectivity index is 4.06. The highest BCUT2D eigenvalue weighted by molar-refractivity contribution is 5.72. The Morgan fingerprint density at radius 2 is 1.92 bits per heavy atom. The summed E-state index contributed by atoms with van der Waals surface area (Å²) >= 11 is 0. The van der Waals surface area contributed by atoms with E-state index >= 15 is 0 Å². The van der Waals surface area contributed by atoms with E-state index in [1.54, 1.807) is 0 Å². The average Bonchev–Trinajstić information content (AvgIpc) is 2.21. The third kappa shape index (κ3) is 5.67. The zero-order valence-corrected chi connectivity index (χ0v) is 8.86. The number of rotatable bonds is 6. The summed E-state index contributed by atoms with van der Waals surface area (Å²) in [7, 11) is 0. The van der Waals surface area contributed by atoms with E-state index in [0.29, 0.717) is 20.3 Å². The van der Waals surface area contributed by atoms with Gasteiger partial charge in [0.2, 0.25) is 5.91 Å². The molecule has 0 atom stereocenters. The Hall–Kier alpha value is -0.530. The molecule has 13 heavy (non-hydrogen) atoms. The molecule has 0 bridgehead atoms. The minimum absolute atomic E-state index is 0.00188. The molecular formula is C11H23NO. The lowest BCUT2D eigenvalue weighted by Gasteiger charge is -2.29. The molecule has 0 rings (SSSR count). The van der Waals surface area contributed by atoms with Crippen LogP contribution in [-0.2, 0) is 4.79 Å². The normalized spacial score (nSPS) is 13.4. The number of nitrogens with one attached hydrogen (secondary N) is 1. The number of hydrogen-bond acceptors (Lipinski definition) is 1. The van der Waals surface area contributed by atoms with Crippen molar-refractivity contribution in [2.45, 2.75) is 53.3 Å². The molecule has 1 amide bonds. The molecule has 0 radical (unpaired) electrons. The zero-order valence-electron chi connectivity index (χ0n) is 10.9. The summed E-state index contributed by atoms with van der Waals surface area (Å²) in [6.45, 7) is 5.21. The number of amides is 1. The molecule has 0 aliphatic carbocycles. The second-order valence-corrected chi connectivity index (χ2v) is 3.93. The number of carbonyl (C=O) groups excluding carboxylic acids is 1. The summed E-state index contributed by atoms with van der Waals surface area (Å²) in [5.74, 6) is -0.00188. The third-order valence-electron chi connectivity index (χ3n) is 2.32. The molecule has 0 fully saturated rings. The molecule has 2 heteroatoms. The molecule has 0 aromatic heterocycles. The predicted octanol–water partition coefficient (Wildman–Crippen LogP) is 2.73. The van der Waals surface area contributed by atoms with E-state index in [1.165, 1.54) is 6.92 Å². The van der Waals surface area contributed by atoms with Gasteiger partial charge in [-0.2, -0.15) is 0 Å². The van der Waals surface area contributed by atoms with E-state index < -0.39 is 0 Å². The second kappa shape index (κ2) is 6.01. The van der Waals surface area contributed by atoms with Crippen LogP contribution in [0.15, 0.2) is 0 Å². The highest BCUT2D eigenvalue weighted by Gasteiger charge is 2.21. The van der Waals surface area contributed by atoms with Crippen LogP contribution >= 0.6 is 0 Å². The van der Waals surface area contributed by atoms with E-state index in [1.807, 2.05) is 0 Å². The van der Waals surface area contributed by atoms with Gasteiger partial charge in [0, 0.05) is 16.2 Å². The Morgan fingerprint density at radius 3 is 2.31 bits per heavy atom. The first-order valence-corrected chi connectivity index (χ1v) is 4.87. The highest BCUT2D eigenvalue weighted by atomic mass is 16.1. The Bertz CT molecular complexity index is 177. The lowest BCUT2D eigenvalue weighted by molar-refractivity contribution is -0.119. The maximum absolute atomic E-state index is 10.9. The standard InChI is InChI=1S/C11H23NO/c1-5-7-11(4,8-6-2)9-12-10(3)13/h5-9H2,1-4H3,(H,12,13)/i1T,2T. The van der Waals surface area contributed by atoms with Crippen molar-refractivity contribution in [3.63, 3.8) is 0 Å². The van der Waals surface area contributed by atoms with Crippen LogP contribution < -0.4 is 5.32 Å². The van der Waals surface area contributed by atoms with Gasteiger partial charge >= 0.3 is 0 Å². The molecule has 1 N–H and O–H groups in total. The van der Waals surface area contributed by atoms with Crippen molar-refractivity contribution in [3.8, 4) is 0 Å². The van der Waals surface area contributed by atoms with Gasteiger partial charge in [0.1, 0.15) is 0 Å². The van der Waals surface area contributed by atoms with Gasteiger partial charge in [-0.05, 0) is 18.3 Å². The van der Waals surface area contributed by atoms with E-state index in [9.17, 15) is 4.79 Å². The zero-order chi connectivity index (χ0) is 11.7. The molecule has 0 heterocycles. The molecule has 0 aliphatic heterocycles. The van der Waals surface area contributed by atoms with Crippen LogP contribution in [0.25, 0.3) is 0 Å². The van der Waals surface area contributed by atoms with Crippen LogP contribution in [-0.4, -0.2) is 12.5 Å². The SMILES string of the molecule is [3H]CCCC(C)(CCC[3H])CNC(C)=O. The molecule has 0 saturated carbocycles. The van der Waals surface area contributed by atoms with Crippen LogP contribution in [0.3, 0.4) is 0 Å². The van der Waals surface area contributed by atoms with Gasteiger partial charge in [-0.1, -0.05) is 33.6 Å². The van der Waals surface area contributed by atoms with Crippen LogP contribution in [0.5, 0.6) is 0 Å². The average molecular weight is 189 g/mol. The van der Waals surface area contributed by atoms with Crippen molar-refractivity contribution in [3.05, 3.63) is 0 Å². The Labute approximate surface area is 84.9 Å². The fourth-order valence-corrected chi connectivity index (χ4v) is 1.49. The van der Waals surface area contributed by atoms with E-state index in [-0.39, 0.29) is 11.3 Å². The Morgan fingerprint density at radius 1 is 1.38 bits per heavy atom. The fourth-order valence-electron chi connectivity index (χ4n) is 1.49. The van der Waals surface area contributed by atoms with Gasteiger partial charge in [0.05, 0.1) is 0 Å². The monoisotopic (exact) mass is 189 g/mol. The highest BCUT2D eigenvalue weighted by Crippen LogP contribution is 2.27. The van der Waals surface area contributed by atoms with Crippen LogP contribution in [0.1, 0.15) is 56.1 Å². The van der Waals surface area contributed by atoms with E-state index in [0.717, 1.165) is 25.7 Å². The van der Waals surface area contributed by atoms with E-state index in [2.05, 4.69) is 12.2 Å². The lowest BCUT2D eigenvalue weighted by Crippen LogP contribution is -2.34. The van der Waals surface area contributed by atoms with Gasteiger partial charge in [0.15, 0.2) is 0 Å². The maximum Gasteiger partial charge on any atom is 0.216 e. The van der Waals surface area contributed by atoms with Crippen molar-refractivity contribution in [2.24, 2.45) is 5.41 Å². The van der Waals surface area contributed by atoms with Gasteiger partial charge in [-0.15, -0.1) is 0 Å². The predicted molar refractivity (Wildman–Crippen MR) is 56.6 cm³/mol. The molecule has 0 aliphatic rings. The second-order valence-electron chi connectivity index (χ2n) is 3.93. The number of carbonyl (C=O) groups is 1. The molecular weight excluding hydrogens is 162 g/mol. The summed E-state index contributed by atoms with van der Waals surface area (Å²) in [5, 5.41) is 2.84. The van der Waals surface area contributed by atoms with Gasteiger partial charge in [-0.3, -0.25) is 4.79 Å². The molecule has 2 nitrogen and oxygen atoms in total. The lowest BCUT2D eigenvalue weighted by atomic mass is 9.81. The Kier molecular flexibility index (Phi) is 4.18. The van der Waals surface area contributed by atoms with Gasteiger partial charge in [0.25, 0.3) is 0 Å². The first kappa shape index (κ1) is 9.04. The molecule has 0 aromatic carbocycles. The minimum atomic E-state index is -0.00188. The fraction of sp³-hybridized carbons (Fsp3) is 0.909. The molecule has 0 saturated heterocycles. The van der Waals surface area contributed by atoms with E-state index in [4.69, 9.17) is 2.74 Å². The van der Waals surface area contributed by atoms with Crippen molar-refractivity contribution in [2.75, 3.05) is 6.54 Å². The molecule has 0 spiro atoms. The first-order chi connectivity index (χ1) is 7.04. The van der Waals surface area contributed by atoms with Crippen molar-refractivity contribution >= 4 is 5.91 Å². The number of hydrogen-bond donors (Lipinski definition) is 1. The quantitative estimate of drug-likeness (QED) is 0.684. The smallest absolute Gasteiger partial charge is 0.216 e. The van der Waals surface area contributed by atoms with Crippen LogP contribution in [0.2, 0.25) is 0 Å². The van der Waals surface area contributed by atoms with Crippen LogP contribution in [0, 0.1) is 5.41 Å². The maximum atomic E-state index is 10.9. The summed E-state index contributed by atoms with van der Waals surface area (Å²) in [5.41, 5.74) is 0.0633. The van der Waals surface area contributed by atoms with Gasteiger partial charge < -0.3 is 5.32 Å². The summed E-state index contributed by atoms with van der Waals surface area (Å²) in [6.07, 6.45) is 3.65. The summed E-state index contributed by atoms with van der Waals surface area (Å²) in [6, 6.07) is 0. The van der Waals surface area contributed by atoms with Gasteiger partial charge in [-0.25, -0.2) is 0 Å². The van der Waals surface area contributed by atoms with Crippen molar-refractivity contribution in [1.82, 2.24) is 5.32 Å². The largest absolute Gasteiger partial charge is 0.356 e. The van der Waals surface area contributed by atoms with Crippen molar-refractivity contribution < 1.29 is 7.54 Å². The first-order valence-electron chi connectivity index (χ1n) is 6.28. The molecule has 0 aromatic rings.